The lowest BCUT2D eigenvalue weighted by molar-refractivity contribution is -0.384. The maximum Gasteiger partial charge on any atom is 0.269 e. The summed E-state index contributed by atoms with van der Waals surface area (Å²) in [6.45, 7) is 4.41. The molecule has 0 aromatic heterocycles. The molecule has 36 heavy (non-hydrogen) atoms. The number of carbonyl (C=O) groups is 1. The van der Waals surface area contributed by atoms with Crippen LogP contribution in [0.25, 0.3) is 6.08 Å². The van der Waals surface area contributed by atoms with Gasteiger partial charge in [0.1, 0.15) is 18.2 Å². The minimum atomic E-state index is -0.495. The first kappa shape index (κ1) is 26.7. The number of carbonyl (C=O) groups excluding carboxylic acids is 1. The number of nitrogens with zero attached hydrogens (tertiary/aromatic N) is 2. The first-order valence-corrected chi connectivity index (χ1v) is 12.3. The highest BCUT2D eigenvalue weighted by Crippen LogP contribution is 2.35. The molecule has 0 aliphatic carbocycles. The van der Waals surface area contributed by atoms with Gasteiger partial charge in [-0.1, -0.05) is 25.1 Å². The van der Waals surface area contributed by atoms with Gasteiger partial charge in [0.2, 0.25) is 0 Å². The number of benzene rings is 3. The van der Waals surface area contributed by atoms with Crippen LogP contribution in [0.3, 0.4) is 0 Å². The normalized spacial score (nSPS) is 10.9. The summed E-state index contributed by atoms with van der Waals surface area (Å²) < 4.78 is 12.5. The van der Waals surface area contributed by atoms with Crippen molar-refractivity contribution in [3.63, 3.8) is 0 Å². The number of hydrogen-bond donors (Lipinski definition) is 1. The van der Waals surface area contributed by atoms with Gasteiger partial charge >= 0.3 is 0 Å². The fraction of sp³-hybridized carbons (Fsp3) is 0.185. The second-order valence-electron chi connectivity index (χ2n) is 7.61. The molecular formula is C27H24IN3O5. The smallest absolute Gasteiger partial charge is 0.269 e. The number of nitro groups is 1. The SMILES string of the molecule is CCOc1cc(/C=C(\C#N)C(=O)Nc2ccccc2CC)cc(I)c1OCc1ccc([N+](=O)[O-])cc1. The standard InChI is InChI=1S/C27H24IN3O5/c1-3-20-7-5-6-8-24(20)30-27(32)21(16-29)13-19-14-23(28)26(25(15-19)35-4-2)36-17-18-9-11-22(12-10-18)31(33)34/h5-15H,3-4,17H2,1-2H3,(H,30,32)/b21-13+. The van der Waals surface area contributed by atoms with Gasteiger partial charge in [-0.25, -0.2) is 0 Å². The molecule has 8 nitrogen and oxygen atoms in total. The number of nitro benzene ring substituents is 1. The average Bonchev–Trinajstić information content (AvgIpc) is 2.87. The zero-order chi connectivity index (χ0) is 26.1. The van der Waals surface area contributed by atoms with Crippen molar-refractivity contribution in [2.45, 2.75) is 26.9 Å². The summed E-state index contributed by atoms with van der Waals surface area (Å²) in [5.41, 5.74) is 2.99. The first-order chi connectivity index (χ1) is 17.4. The van der Waals surface area contributed by atoms with Crippen LogP contribution in [0.5, 0.6) is 11.5 Å². The molecule has 3 aromatic rings. The zero-order valence-electron chi connectivity index (χ0n) is 19.8. The van der Waals surface area contributed by atoms with E-state index in [0.717, 1.165) is 21.1 Å². The first-order valence-electron chi connectivity index (χ1n) is 11.2. The van der Waals surface area contributed by atoms with Crippen molar-refractivity contribution < 1.29 is 19.2 Å². The lowest BCUT2D eigenvalue weighted by Crippen LogP contribution is -2.14. The van der Waals surface area contributed by atoms with Crippen molar-refractivity contribution in [3.8, 4) is 17.6 Å². The molecule has 184 valence electrons. The summed E-state index contributed by atoms with van der Waals surface area (Å²) in [5.74, 6) is 0.476. The second kappa shape index (κ2) is 12.7. The van der Waals surface area contributed by atoms with Gasteiger partial charge < -0.3 is 14.8 Å². The third-order valence-electron chi connectivity index (χ3n) is 5.18. The summed E-state index contributed by atoms with van der Waals surface area (Å²) in [4.78, 5) is 23.2. The molecular weight excluding hydrogens is 573 g/mol. The molecule has 0 fully saturated rings. The van der Waals surface area contributed by atoms with E-state index in [0.29, 0.717) is 29.4 Å². The summed E-state index contributed by atoms with van der Waals surface area (Å²) in [7, 11) is 0. The molecule has 3 aromatic carbocycles. The largest absolute Gasteiger partial charge is 0.490 e. The predicted molar refractivity (Wildman–Crippen MR) is 146 cm³/mol. The number of halogens is 1. The second-order valence-corrected chi connectivity index (χ2v) is 8.77. The van der Waals surface area contributed by atoms with E-state index in [2.05, 4.69) is 27.9 Å². The van der Waals surface area contributed by atoms with Crippen LogP contribution in [0, 0.1) is 25.0 Å². The van der Waals surface area contributed by atoms with Crippen molar-refractivity contribution in [1.29, 1.82) is 5.26 Å². The topological polar surface area (TPSA) is 114 Å². The van der Waals surface area contributed by atoms with Crippen molar-refractivity contribution in [2.75, 3.05) is 11.9 Å². The van der Waals surface area contributed by atoms with E-state index in [-0.39, 0.29) is 17.9 Å². The number of rotatable bonds is 10. The van der Waals surface area contributed by atoms with Crippen molar-refractivity contribution in [3.05, 3.63) is 96.6 Å². The molecule has 0 heterocycles. The van der Waals surface area contributed by atoms with Gasteiger partial charge in [0.25, 0.3) is 11.6 Å². The summed E-state index contributed by atoms with van der Waals surface area (Å²) in [5, 5.41) is 23.3. The Morgan fingerprint density at radius 2 is 1.86 bits per heavy atom. The Morgan fingerprint density at radius 1 is 1.14 bits per heavy atom. The van der Waals surface area contributed by atoms with Gasteiger partial charge in [0.15, 0.2) is 11.5 Å². The summed E-state index contributed by atoms with van der Waals surface area (Å²) in [6.07, 6.45) is 2.26. The molecule has 0 saturated carbocycles. The minimum Gasteiger partial charge on any atom is -0.490 e. The highest BCUT2D eigenvalue weighted by atomic mass is 127. The molecule has 1 N–H and O–H groups in total. The molecule has 0 aliphatic heterocycles. The number of hydrogen-bond acceptors (Lipinski definition) is 6. The fourth-order valence-electron chi connectivity index (χ4n) is 3.40. The Morgan fingerprint density at radius 3 is 2.50 bits per heavy atom. The molecule has 1 amide bonds. The van der Waals surface area contributed by atoms with E-state index in [1.165, 1.54) is 18.2 Å². The van der Waals surface area contributed by atoms with Crippen molar-refractivity contribution in [2.24, 2.45) is 0 Å². The Balaban J connectivity index is 1.83. The van der Waals surface area contributed by atoms with Gasteiger partial charge in [-0.2, -0.15) is 5.26 Å². The Labute approximate surface area is 222 Å². The number of aryl methyl sites for hydroxylation is 1. The highest BCUT2D eigenvalue weighted by Gasteiger charge is 2.16. The van der Waals surface area contributed by atoms with Crippen LogP contribution in [0.4, 0.5) is 11.4 Å². The molecule has 0 atom stereocenters. The molecule has 0 radical (unpaired) electrons. The summed E-state index contributed by atoms with van der Waals surface area (Å²) >= 11 is 2.11. The molecule has 0 saturated heterocycles. The van der Waals surface area contributed by atoms with Gasteiger partial charge in [0, 0.05) is 17.8 Å². The Bertz CT molecular complexity index is 1330. The summed E-state index contributed by atoms with van der Waals surface area (Å²) in [6, 6.07) is 19.1. The minimum absolute atomic E-state index is 0.00925. The van der Waals surface area contributed by atoms with Crippen LogP contribution < -0.4 is 14.8 Å². The number of anilines is 1. The number of ether oxygens (including phenoxy) is 2. The van der Waals surface area contributed by atoms with E-state index < -0.39 is 10.8 Å². The predicted octanol–water partition coefficient (Wildman–Crippen LogP) is 6.29. The number of non-ortho nitro benzene ring substituents is 1. The van der Waals surface area contributed by atoms with Crippen LogP contribution in [-0.4, -0.2) is 17.4 Å². The van der Waals surface area contributed by atoms with Crippen LogP contribution in [0.15, 0.2) is 66.2 Å². The maximum absolute atomic E-state index is 12.8. The quantitative estimate of drug-likeness (QED) is 0.0967. The molecule has 0 bridgehead atoms. The van der Waals surface area contributed by atoms with E-state index in [1.807, 2.05) is 38.1 Å². The van der Waals surface area contributed by atoms with Crippen LogP contribution >= 0.6 is 22.6 Å². The lowest BCUT2D eigenvalue weighted by Gasteiger charge is -2.15. The van der Waals surface area contributed by atoms with Crippen LogP contribution in [0.1, 0.15) is 30.5 Å². The molecule has 0 aliphatic rings. The molecule has 0 spiro atoms. The third kappa shape index (κ3) is 6.82. The van der Waals surface area contributed by atoms with E-state index in [1.54, 1.807) is 30.3 Å². The molecule has 3 rings (SSSR count). The van der Waals surface area contributed by atoms with Gasteiger partial charge in [-0.05, 0) is 89.0 Å². The number of para-hydroxylation sites is 1. The van der Waals surface area contributed by atoms with Gasteiger partial charge in [-0.3, -0.25) is 14.9 Å². The van der Waals surface area contributed by atoms with Crippen molar-refractivity contribution >= 4 is 45.9 Å². The van der Waals surface area contributed by atoms with E-state index >= 15 is 0 Å². The Hall–Kier alpha value is -3.91. The number of nitrogens with one attached hydrogen (secondary N) is 1. The van der Waals surface area contributed by atoms with Crippen molar-refractivity contribution in [1.82, 2.24) is 0 Å². The molecule has 9 heteroatoms. The monoisotopic (exact) mass is 597 g/mol. The number of nitriles is 1. The molecule has 0 unspecified atom stereocenters. The van der Waals surface area contributed by atoms with E-state index in [9.17, 15) is 20.2 Å². The third-order valence-corrected chi connectivity index (χ3v) is 5.99. The maximum atomic E-state index is 12.8. The fourth-order valence-corrected chi connectivity index (χ4v) is 4.18. The van der Waals surface area contributed by atoms with Crippen LogP contribution in [-0.2, 0) is 17.8 Å². The highest BCUT2D eigenvalue weighted by molar-refractivity contribution is 14.1. The Kier molecular flexibility index (Phi) is 9.41. The van der Waals surface area contributed by atoms with Gasteiger partial charge in [0.05, 0.1) is 15.1 Å². The lowest BCUT2D eigenvalue weighted by atomic mass is 10.1. The van der Waals surface area contributed by atoms with E-state index in [4.69, 9.17) is 9.47 Å². The number of amides is 1. The van der Waals surface area contributed by atoms with Gasteiger partial charge in [-0.15, -0.1) is 0 Å². The zero-order valence-corrected chi connectivity index (χ0v) is 21.9. The van der Waals surface area contributed by atoms with Crippen LogP contribution in [0.2, 0.25) is 0 Å². The average molecular weight is 597 g/mol.